The summed E-state index contributed by atoms with van der Waals surface area (Å²) < 4.78 is 5.93. The Hall–Kier alpha value is -2.29. The third-order valence-corrected chi connectivity index (χ3v) is 4.25. The Balaban J connectivity index is 2.06. The Morgan fingerprint density at radius 3 is 2.28 bits per heavy atom. The Kier molecular flexibility index (Phi) is 7.05. The molecule has 0 saturated carbocycles. The summed E-state index contributed by atoms with van der Waals surface area (Å²) in [5.41, 5.74) is 2.25. The van der Waals surface area contributed by atoms with Gasteiger partial charge in [-0.15, -0.1) is 0 Å². The zero-order chi connectivity index (χ0) is 18.2. The maximum atomic E-state index is 12.7. The first kappa shape index (κ1) is 19.0. The van der Waals surface area contributed by atoms with Gasteiger partial charge in [0.15, 0.2) is 6.10 Å². The molecule has 3 nitrogen and oxygen atoms in total. The number of hydrogen-bond acceptors (Lipinski definition) is 2. The van der Waals surface area contributed by atoms with Gasteiger partial charge in [0.2, 0.25) is 0 Å². The summed E-state index contributed by atoms with van der Waals surface area (Å²) >= 11 is 0. The molecule has 2 aromatic carbocycles. The van der Waals surface area contributed by atoms with Gasteiger partial charge in [-0.25, -0.2) is 0 Å². The number of hydrogen-bond donors (Lipinski definition) is 1. The third kappa shape index (κ3) is 5.63. The molecule has 2 rings (SSSR count). The van der Waals surface area contributed by atoms with Crippen molar-refractivity contribution in [2.45, 2.75) is 52.7 Å². The maximum absolute atomic E-state index is 12.7. The molecule has 1 N–H and O–H groups in total. The van der Waals surface area contributed by atoms with Gasteiger partial charge in [-0.1, -0.05) is 69.3 Å². The zero-order valence-electron chi connectivity index (χ0n) is 15.7. The van der Waals surface area contributed by atoms with Gasteiger partial charge in [0.05, 0.1) is 6.04 Å². The van der Waals surface area contributed by atoms with Crippen molar-refractivity contribution in [1.29, 1.82) is 0 Å². The molecule has 0 radical (unpaired) electrons. The van der Waals surface area contributed by atoms with E-state index >= 15 is 0 Å². The van der Waals surface area contributed by atoms with Crippen LogP contribution in [0.4, 0.5) is 0 Å². The Morgan fingerprint density at radius 1 is 1.00 bits per heavy atom. The molecule has 2 aromatic rings. The summed E-state index contributed by atoms with van der Waals surface area (Å²) in [4.78, 5) is 12.7. The van der Waals surface area contributed by atoms with E-state index in [1.54, 1.807) is 6.92 Å². The monoisotopic (exact) mass is 339 g/mol. The van der Waals surface area contributed by atoms with Crippen LogP contribution in [-0.2, 0) is 11.2 Å². The lowest BCUT2D eigenvalue weighted by molar-refractivity contribution is -0.128. The van der Waals surface area contributed by atoms with E-state index in [9.17, 15) is 4.79 Å². The molecule has 0 aromatic heterocycles. The fourth-order valence-corrected chi connectivity index (χ4v) is 2.88. The van der Waals surface area contributed by atoms with Gasteiger partial charge in [0, 0.05) is 0 Å². The van der Waals surface area contributed by atoms with Gasteiger partial charge >= 0.3 is 0 Å². The van der Waals surface area contributed by atoms with Crippen LogP contribution >= 0.6 is 0 Å². The van der Waals surface area contributed by atoms with Crippen LogP contribution in [0.25, 0.3) is 0 Å². The molecule has 0 fully saturated rings. The topological polar surface area (TPSA) is 38.3 Å². The second kappa shape index (κ2) is 9.26. The highest BCUT2D eigenvalue weighted by atomic mass is 16.5. The van der Waals surface area contributed by atoms with E-state index in [1.165, 1.54) is 0 Å². The predicted molar refractivity (Wildman–Crippen MR) is 103 cm³/mol. The summed E-state index contributed by atoms with van der Waals surface area (Å²) in [6.45, 7) is 8.22. The van der Waals surface area contributed by atoms with E-state index < -0.39 is 6.10 Å². The maximum Gasteiger partial charge on any atom is 0.261 e. The fourth-order valence-electron chi connectivity index (χ4n) is 2.88. The highest BCUT2D eigenvalue weighted by Gasteiger charge is 2.21. The molecule has 1 amide bonds. The van der Waals surface area contributed by atoms with Crippen LogP contribution in [0.5, 0.6) is 5.75 Å². The average Bonchev–Trinajstić information content (AvgIpc) is 2.62. The second-order valence-electron chi connectivity index (χ2n) is 6.82. The SMILES string of the molecule is CCc1ccccc1OC(C)C(=O)NC(CC(C)C)c1ccccc1. The molecule has 2 unspecified atom stereocenters. The molecule has 25 heavy (non-hydrogen) atoms. The molecule has 0 heterocycles. The van der Waals surface area contributed by atoms with Crippen molar-refractivity contribution in [2.24, 2.45) is 5.92 Å². The molecular formula is C22H29NO2. The van der Waals surface area contributed by atoms with Crippen molar-refractivity contribution >= 4 is 5.91 Å². The predicted octanol–water partition coefficient (Wildman–Crippen LogP) is 4.92. The normalized spacial score (nSPS) is 13.3. The number of rotatable bonds is 8. The number of nitrogens with one attached hydrogen (secondary N) is 1. The molecule has 0 aliphatic carbocycles. The first-order chi connectivity index (χ1) is 12.0. The van der Waals surface area contributed by atoms with Crippen LogP contribution in [-0.4, -0.2) is 12.0 Å². The Labute approximate surface area is 151 Å². The number of benzene rings is 2. The number of carbonyl (C=O) groups excluding carboxylic acids is 1. The highest BCUT2D eigenvalue weighted by molar-refractivity contribution is 5.81. The summed E-state index contributed by atoms with van der Waals surface area (Å²) in [6.07, 6.45) is 1.24. The summed E-state index contributed by atoms with van der Waals surface area (Å²) in [5.74, 6) is 1.19. The highest BCUT2D eigenvalue weighted by Crippen LogP contribution is 2.23. The quantitative estimate of drug-likeness (QED) is 0.741. The second-order valence-corrected chi connectivity index (χ2v) is 6.82. The minimum Gasteiger partial charge on any atom is -0.481 e. The number of carbonyl (C=O) groups is 1. The lowest BCUT2D eigenvalue weighted by Gasteiger charge is -2.24. The Morgan fingerprint density at radius 2 is 1.64 bits per heavy atom. The van der Waals surface area contributed by atoms with Crippen molar-refractivity contribution in [1.82, 2.24) is 5.32 Å². The van der Waals surface area contributed by atoms with Crippen molar-refractivity contribution in [2.75, 3.05) is 0 Å². The lowest BCUT2D eigenvalue weighted by atomic mass is 9.97. The fraction of sp³-hybridized carbons (Fsp3) is 0.409. The molecule has 134 valence electrons. The van der Waals surface area contributed by atoms with Gasteiger partial charge in [-0.05, 0) is 42.9 Å². The minimum atomic E-state index is -0.536. The van der Waals surface area contributed by atoms with Gasteiger partial charge in [-0.2, -0.15) is 0 Å². The summed E-state index contributed by atoms with van der Waals surface area (Å²) in [6, 6.07) is 18.0. The molecule has 0 spiro atoms. The van der Waals surface area contributed by atoms with E-state index in [2.05, 4.69) is 38.2 Å². The van der Waals surface area contributed by atoms with E-state index in [-0.39, 0.29) is 11.9 Å². The molecule has 0 saturated heterocycles. The van der Waals surface area contributed by atoms with E-state index in [0.717, 1.165) is 29.7 Å². The molecule has 0 aliphatic rings. The van der Waals surface area contributed by atoms with Crippen molar-refractivity contribution < 1.29 is 9.53 Å². The first-order valence-corrected chi connectivity index (χ1v) is 9.11. The Bertz CT molecular complexity index is 667. The van der Waals surface area contributed by atoms with Gasteiger partial charge in [-0.3, -0.25) is 4.79 Å². The van der Waals surface area contributed by atoms with Gasteiger partial charge in [0.25, 0.3) is 5.91 Å². The van der Waals surface area contributed by atoms with Crippen molar-refractivity contribution in [3.05, 3.63) is 65.7 Å². The number of ether oxygens (including phenoxy) is 1. The van der Waals surface area contributed by atoms with E-state index in [4.69, 9.17) is 4.74 Å². The third-order valence-electron chi connectivity index (χ3n) is 4.25. The van der Waals surface area contributed by atoms with Crippen LogP contribution < -0.4 is 10.1 Å². The summed E-state index contributed by atoms with van der Waals surface area (Å²) in [5, 5.41) is 3.16. The average molecular weight is 339 g/mol. The molecule has 3 heteroatoms. The standard InChI is InChI=1S/C22H29NO2/c1-5-18-11-9-10-14-21(18)25-17(4)22(24)23-20(15-16(2)3)19-12-7-6-8-13-19/h6-14,16-17,20H,5,15H2,1-4H3,(H,23,24). The number of para-hydroxylation sites is 1. The molecule has 0 bridgehead atoms. The van der Waals surface area contributed by atoms with Crippen molar-refractivity contribution in [3.8, 4) is 5.75 Å². The van der Waals surface area contributed by atoms with Crippen LogP contribution in [0, 0.1) is 5.92 Å². The first-order valence-electron chi connectivity index (χ1n) is 9.11. The van der Waals surface area contributed by atoms with Gasteiger partial charge in [0.1, 0.15) is 5.75 Å². The van der Waals surface area contributed by atoms with E-state index in [1.807, 2.05) is 42.5 Å². The smallest absolute Gasteiger partial charge is 0.261 e. The van der Waals surface area contributed by atoms with Crippen LogP contribution in [0.15, 0.2) is 54.6 Å². The summed E-state index contributed by atoms with van der Waals surface area (Å²) in [7, 11) is 0. The zero-order valence-corrected chi connectivity index (χ0v) is 15.7. The van der Waals surface area contributed by atoms with Crippen LogP contribution in [0.2, 0.25) is 0 Å². The number of aryl methyl sites for hydroxylation is 1. The largest absolute Gasteiger partial charge is 0.481 e. The van der Waals surface area contributed by atoms with Gasteiger partial charge < -0.3 is 10.1 Å². The van der Waals surface area contributed by atoms with Crippen LogP contribution in [0.3, 0.4) is 0 Å². The lowest BCUT2D eigenvalue weighted by Crippen LogP contribution is -2.39. The number of amides is 1. The van der Waals surface area contributed by atoms with E-state index in [0.29, 0.717) is 5.92 Å². The van der Waals surface area contributed by atoms with Crippen LogP contribution in [0.1, 0.15) is 51.3 Å². The van der Waals surface area contributed by atoms with Crippen molar-refractivity contribution in [3.63, 3.8) is 0 Å². The minimum absolute atomic E-state index is 0.00108. The molecular weight excluding hydrogens is 310 g/mol. The molecule has 2 atom stereocenters. The molecule has 0 aliphatic heterocycles.